The summed E-state index contributed by atoms with van der Waals surface area (Å²) in [6.45, 7) is 1.31. The summed E-state index contributed by atoms with van der Waals surface area (Å²) in [5.74, 6) is -2.04. The SMILES string of the molecule is C[C@H](OC(N)=O)C(=O)Nc1ccc(F)c(Br)c1C(=O)Nc1ccccc1. The number of primary amides is 1. The first-order valence-electron chi connectivity index (χ1n) is 7.41. The van der Waals surface area contributed by atoms with Gasteiger partial charge in [-0.15, -0.1) is 0 Å². The van der Waals surface area contributed by atoms with Gasteiger partial charge < -0.3 is 21.1 Å². The van der Waals surface area contributed by atoms with Crippen LogP contribution in [0.25, 0.3) is 0 Å². The van der Waals surface area contributed by atoms with E-state index in [1.165, 1.54) is 13.0 Å². The van der Waals surface area contributed by atoms with Crippen LogP contribution >= 0.6 is 15.9 Å². The van der Waals surface area contributed by atoms with E-state index in [0.29, 0.717) is 5.69 Å². The van der Waals surface area contributed by atoms with Gasteiger partial charge >= 0.3 is 6.09 Å². The summed E-state index contributed by atoms with van der Waals surface area (Å²) in [4.78, 5) is 35.4. The molecule has 0 aliphatic heterocycles. The van der Waals surface area contributed by atoms with Crippen molar-refractivity contribution in [2.45, 2.75) is 13.0 Å². The van der Waals surface area contributed by atoms with Gasteiger partial charge in [0.25, 0.3) is 11.8 Å². The minimum Gasteiger partial charge on any atom is -0.437 e. The maximum Gasteiger partial charge on any atom is 0.405 e. The van der Waals surface area contributed by atoms with Gasteiger partial charge in [-0.2, -0.15) is 0 Å². The second-order valence-corrected chi connectivity index (χ2v) is 5.97. The molecular formula is C17H15BrFN3O4. The lowest BCUT2D eigenvalue weighted by Gasteiger charge is -2.16. The molecule has 3 amide bonds. The Hall–Kier alpha value is -2.94. The molecule has 26 heavy (non-hydrogen) atoms. The van der Waals surface area contributed by atoms with Crippen LogP contribution in [0.1, 0.15) is 17.3 Å². The molecule has 7 nitrogen and oxygen atoms in total. The Labute approximate surface area is 156 Å². The van der Waals surface area contributed by atoms with E-state index in [1.54, 1.807) is 30.3 Å². The number of rotatable bonds is 5. The van der Waals surface area contributed by atoms with E-state index in [4.69, 9.17) is 5.73 Å². The van der Waals surface area contributed by atoms with Crippen LogP contribution in [0.3, 0.4) is 0 Å². The average Bonchev–Trinajstić information content (AvgIpc) is 2.58. The number of hydrogen-bond donors (Lipinski definition) is 3. The number of nitrogens with two attached hydrogens (primary N) is 1. The lowest BCUT2D eigenvalue weighted by atomic mass is 10.1. The van der Waals surface area contributed by atoms with Gasteiger partial charge in [-0.1, -0.05) is 18.2 Å². The van der Waals surface area contributed by atoms with Crippen molar-refractivity contribution in [2.24, 2.45) is 5.73 Å². The van der Waals surface area contributed by atoms with Crippen LogP contribution in [-0.2, 0) is 9.53 Å². The first-order chi connectivity index (χ1) is 12.3. The highest BCUT2D eigenvalue weighted by Gasteiger charge is 2.23. The number of para-hydroxylation sites is 1. The minimum atomic E-state index is -1.19. The average molecular weight is 424 g/mol. The standard InChI is InChI=1S/C17H15BrFN3O4/c1-9(26-17(20)25)15(23)22-12-8-7-11(19)14(18)13(12)16(24)21-10-5-3-2-4-6-10/h2-9H,1H3,(H2,20,25)(H,21,24)(H,22,23)/t9-/m0/s1. The van der Waals surface area contributed by atoms with Crippen LogP contribution in [0.4, 0.5) is 20.6 Å². The van der Waals surface area contributed by atoms with E-state index in [9.17, 15) is 18.8 Å². The number of halogens is 2. The van der Waals surface area contributed by atoms with Crippen LogP contribution < -0.4 is 16.4 Å². The van der Waals surface area contributed by atoms with Crippen molar-refractivity contribution >= 4 is 45.2 Å². The van der Waals surface area contributed by atoms with Crippen LogP contribution in [-0.4, -0.2) is 24.0 Å². The fraction of sp³-hybridized carbons (Fsp3) is 0.118. The molecule has 0 fully saturated rings. The zero-order valence-electron chi connectivity index (χ0n) is 13.6. The lowest BCUT2D eigenvalue weighted by Crippen LogP contribution is -2.32. The minimum absolute atomic E-state index is 0.0385. The van der Waals surface area contributed by atoms with Gasteiger partial charge in [-0.05, 0) is 47.1 Å². The van der Waals surface area contributed by atoms with Crippen LogP contribution in [0.5, 0.6) is 0 Å². The number of carbonyl (C=O) groups excluding carboxylic acids is 3. The van der Waals surface area contributed by atoms with Gasteiger partial charge in [0.15, 0.2) is 6.10 Å². The predicted molar refractivity (Wildman–Crippen MR) is 97.3 cm³/mol. The number of nitrogens with one attached hydrogen (secondary N) is 2. The number of anilines is 2. The zero-order valence-corrected chi connectivity index (χ0v) is 15.2. The highest BCUT2D eigenvalue weighted by molar-refractivity contribution is 9.10. The summed E-state index contributed by atoms with van der Waals surface area (Å²) < 4.78 is 18.4. The Balaban J connectivity index is 2.30. The normalized spacial score (nSPS) is 11.3. The summed E-state index contributed by atoms with van der Waals surface area (Å²) in [5.41, 5.74) is 5.29. The van der Waals surface area contributed by atoms with Crippen molar-refractivity contribution in [3.05, 3.63) is 58.3 Å². The molecule has 0 aromatic heterocycles. The van der Waals surface area contributed by atoms with Crippen molar-refractivity contribution in [1.82, 2.24) is 0 Å². The van der Waals surface area contributed by atoms with Gasteiger partial charge in [0, 0.05) is 5.69 Å². The van der Waals surface area contributed by atoms with Crippen molar-refractivity contribution in [2.75, 3.05) is 10.6 Å². The maximum atomic E-state index is 13.9. The molecule has 2 rings (SSSR count). The molecular weight excluding hydrogens is 409 g/mol. The fourth-order valence-corrected chi connectivity index (χ4v) is 2.58. The van der Waals surface area contributed by atoms with Gasteiger partial charge in [0.1, 0.15) is 5.82 Å². The largest absolute Gasteiger partial charge is 0.437 e. The third kappa shape index (κ3) is 4.79. The number of hydrogen-bond acceptors (Lipinski definition) is 4. The molecule has 2 aromatic rings. The number of ether oxygens (including phenoxy) is 1. The van der Waals surface area contributed by atoms with E-state index in [-0.39, 0.29) is 15.7 Å². The van der Waals surface area contributed by atoms with E-state index in [1.807, 2.05) is 0 Å². The molecule has 136 valence electrons. The second-order valence-electron chi connectivity index (χ2n) is 5.17. The Morgan fingerprint density at radius 3 is 2.38 bits per heavy atom. The predicted octanol–water partition coefficient (Wildman–Crippen LogP) is 3.26. The molecule has 4 N–H and O–H groups in total. The topological polar surface area (TPSA) is 111 Å². The molecule has 0 saturated heterocycles. The molecule has 0 spiro atoms. The Kier molecular flexibility index (Phi) is 6.29. The van der Waals surface area contributed by atoms with E-state index in [2.05, 4.69) is 31.3 Å². The lowest BCUT2D eigenvalue weighted by molar-refractivity contribution is -0.123. The molecule has 0 radical (unpaired) electrons. The summed E-state index contributed by atoms with van der Waals surface area (Å²) in [7, 11) is 0. The molecule has 0 aliphatic rings. The van der Waals surface area contributed by atoms with Crippen LogP contribution in [0, 0.1) is 5.82 Å². The molecule has 9 heteroatoms. The summed E-state index contributed by atoms with van der Waals surface area (Å²) in [6, 6.07) is 10.9. The number of amides is 3. The van der Waals surface area contributed by atoms with Crippen molar-refractivity contribution in [3.63, 3.8) is 0 Å². The monoisotopic (exact) mass is 423 g/mol. The molecule has 2 aromatic carbocycles. The van der Waals surface area contributed by atoms with Gasteiger partial charge in [-0.25, -0.2) is 9.18 Å². The highest BCUT2D eigenvalue weighted by Crippen LogP contribution is 2.29. The van der Waals surface area contributed by atoms with Crippen molar-refractivity contribution in [1.29, 1.82) is 0 Å². The third-order valence-corrected chi connectivity index (χ3v) is 4.05. The van der Waals surface area contributed by atoms with Crippen LogP contribution in [0.2, 0.25) is 0 Å². The zero-order chi connectivity index (χ0) is 19.3. The van der Waals surface area contributed by atoms with Crippen molar-refractivity contribution < 1.29 is 23.5 Å². The molecule has 0 aliphatic carbocycles. The fourth-order valence-electron chi connectivity index (χ4n) is 2.05. The molecule has 0 saturated carbocycles. The Morgan fingerprint density at radius 1 is 1.12 bits per heavy atom. The number of benzene rings is 2. The van der Waals surface area contributed by atoms with Crippen LogP contribution in [0.15, 0.2) is 46.9 Å². The van der Waals surface area contributed by atoms with Crippen molar-refractivity contribution in [3.8, 4) is 0 Å². The second kappa shape index (κ2) is 8.43. The Bertz CT molecular complexity index is 845. The van der Waals surface area contributed by atoms with E-state index in [0.717, 1.165) is 6.07 Å². The molecule has 0 bridgehead atoms. The first-order valence-corrected chi connectivity index (χ1v) is 8.20. The summed E-state index contributed by atoms with van der Waals surface area (Å²) in [5, 5.41) is 5.03. The molecule has 0 heterocycles. The molecule has 1 atom stereocenters. The van der Waals surface area contributed by atoms with Gasteiger partial charge in [-0.3, -0.25) is 9.59 Å². The molecule has 0 unspecified atom stereocenters. The number of carbonyl (C=O) groups is 3. The van der Waals surface area contributed by atoms with E-state index >= 15 is 0 Å². The summed E-state index contributed by atoms with van der Waals surface area (Å²) in [6.07, 6.45) is -2.31. The quantitative estimate of drug-likeness (QED) is 0.684. The van der Waals surface area contributed by atoms with Gasteiger partial charge in [0.2, 0.25) is 0 Å². The summed E-state index contributed by atoms with van der Waals surface area (Å²) >= 11 is 3.02. The van der Waals surface area contributed by atoms with E-state index < -0.39 is 29.8 Å². The van der Waals surface area contributed by atoms with Gasteiger partial charge in [0.05, 0.1) is 15.7 Å². The first kappa shape index (κ1) is 19.4. The third-order valence-electron chi connectivity index (χ3n) is 3.27. The maximum absolute atomic E-state index is 13.9. The highest BCUT2D eigenvalue weighted by atomic mass is 79.9. The smallest absolute Gasteiger partial charge is 0.405 e. The Morgan fingerprint density at radius 2 is 1.77 bits per heavy atom.